The molecule has 0 saturated carbocycles. The SMILES string of the molecule is [O-][n+]1ccccc1SCc1cccc2cccnc12. The Bertz CT molecular complexity index is 710. The predicted molar refractivity (Wildman–Crippen MR) is 76.7 cm³/mol. The minimum Gasteiger partial charge on any atom is -0.618 e. The largest absolute Gasteiger partial charge is 0.618 e. The molecule has 0 bridgehead atoms. The van der Waals surface area contributed by atoms with Crippen LogP contribution in [0.5, 0.6) is 0 Å². The molecule has 2 aromatic heterocycles. The highest BCUT2D eigenvalue weighted by Gasteiger charge is 2.07. The maximum absolute atomic E-state index is 11.6. The fourth-order valence-electron chi connectivity index (χ4n) is 1.96. The van der Waals surface area contributed by atoms with E-state index in [4.69, 9.17) is 0 Å². The van der Waals surface area contributed by atoms with Crippen molar-refractivity contribution in [2.45, 2.75) is 10.8 Å². The molecule has 0 atom stereocenters. The lowest BCUT2D eigenvalue weighted by Crippen LogP contribution is -2.27. The quantitative estimate of drug-likeness (QED) is 0.416. The van der Waals surface area contributed by atoms with Crippen LogP contribution in [0.4, 0.5) is 0 Å². The van der Waals surface area contributed by atoms with Crippen molar-refractivity contribution in [2.24, 2.45) is 0 Å². The highest BCUT2D eigenvalue weighted by Crippen LogP contribution is 2.24. The number of para-hydroxylation sites is 1. The number of rotatable bonds is 3. The summed E-state index contributed by atoms with van der Waals surface area (Å²) in [4.78, 5) is 4.42. The monoisotopic (exact) mass is 268 g/mol. The first kappa shape index (κ1) is 12.0. The van der Waals surface area contributed by atoms with Crippen molar-refractivity contribution in [3.05, 3.63) is 71.7 Å². The van der Waals surface area contributed by atoms with Crippen LogP contribution in [0.3, 0.4) is 0 Å². The van der Waals surface area contributed by atoms with E-state index in [0.717, 1.165) is 26.9 Å². The summed E-state index contributed by atoms with van der Waals surface area (Å²) in [6, 6.07) is 15.5. The molecule has 94 valence electrons. The Kier molecular flexibility index (Phi) is 3.33. The molecule has 0 radical (unpaired) electrons. The van der Waals surface area contributed by atoms with E-state index in [2.05, 4.69) is 11.1 Å². The number of hydrogen-bond donors (Lipinski definition) is 0. The second-order valence-electron chi connectivity index (χ2n) is 4.15. The van der Waals surface area contributed by atoms with Gasteiger partial charge in [-0.3, -0.25) is 4.98 Å². The molecule has 0 aliphatic heterocycles. The lowest BCUT2D eigenvalue weighted by Gasteiger charge is -2.05. The van der Waals surface area contributed by atoms with Crippen LogP contribution in [0.15, 0.2) is 66.0 Å². The fraction of sp³-hybridized carbons (Fsp3) is 0.0667. The Labute approximate surface area is 115 Å². The van der Waals surface area contributed by atoms with Crippen LogP contribution < -0.4 is 4.73 Å². The van der Waals surface area contributed by atoms with E-state index in [-0.39, 0.29) is 0 Å². The molecule has 0 saturated heterocycles. The van der Waals surface area contributed by atoms with Gasteiger partial charge in [0.15, 0.2) is 6.20 Å². The summed E-state index contributed by atoms with van der Waals surface area (Å²) in [6.45, 7) is 0. The van der Waals surface area contributed by atoms with Gasteiger partial charge in [0.2, 0.25) is 0 Å². The van der Waals surface area contributed by atoms with Gasteiger partial charge in [0.05, 0.1) is 5.52 Å². The zero-order valence-electron chi connectivity index (χ0n) is 10.2. The first-order valence-electron chi connectivity index (χ1n) is 5.98. The van der Waals surface area contributed by atoms with E-state index in [1.165, 1.54) is 18.0 Å². The van der Waals surface area contributed by atoms with Gasteiger partial charge in [-0.2, -0.15) is 4.73 Å². The summed E-state index contributed by atoms with van der Waals surface area (Å²) in [6.07, 6.45) is 3.32. The third-order valence-electron chi connectivity index (χ3n) is 2.88. The van der Waals surface area contributed by atoms with E-state index in [1.54, 1.807) is 12.3 Å². The molecule has 0 fully saturated rings. The van der Waals surface area contributed by atoms with Crippen LogP contribution in [-0.2, 0) is 5.75 Å². The second kappa shape index (κ2) is 5.28. The molecular weight excluding hydrogens is 256 g/mol. The van der Waals surface area contributed by atoms with Crippen LogP contribution in [0.2, 0.25) is 0 Å². The highest BCUT2D eigenvalue weighted by molar-refractivity contribution is 7.98. The molecule has 1 aromatic carbocycles. The van der Waals surface area contributed by atoms with Gasteiger partial charge in [0, 0.05) is 29.5 Å². The summed E-state index contributed by atoms with van der Waals surface area (Å²) < 4.78 is 0.892. The number of thioether (sulfide) groups is 1. The van der Waals surface area contributed by atoms with Crippen molar-refractivity contribution in [1.82, 2.24) is 4.98 Å². The van der Waals surface area contributed by atoms with Gasteiger partial charge in [0.1, 0.15) is 0 Å². The first-order chi connectivity index (χ1) is 9.34. The van der Waals surface area contributed by atoms with E-state index in [1.807, 2.05) is 36.4 Å². The molecule has 0 unspecified atom stereocenters. The number of hydrogen-bond acceptors (Lipinski definition) is 3. The summed E-state index contributed by atoms with van der Waals surface area (Å²) in [5.74, 6) is 0.737. The van der Waals surface area contributed by atoms with Gasteiger partial charge in [0.25, 0.3) is 5.03 Å². The zero-order chi connectivity index (χ0) is 13.1. The van der Waals surface area contributed by atoms with Gasteiger partial charge >= 0.3 is 0 Å². The molecule has 0 aliphatic rings. The summed E-state index contributed by atoms with van der Waals surface area (Å²) in [7, 11) is 0. The zero-order valence-corrected chi connectivity index (χ0v) is 11.0. The third kappa shape index (κ3) is 2.53. The Hall–Kier alpha value is -2.07. The Morgan fingerprint density at radius 3 is 2.84 bits per heavy atom. The standard InChI is InChI=1S/C15H12N2OS/c18-17-10-2-1-8-14(17)19-11-13-6-3-5-12-7-4-9-16-15(12)13/h1-10H,11H2. The molecule has 4 heteroatoms. The Morgan fingerprint density at radius 1 is 1.05 bits per heavy atom. The maximum atomic E-state index is 11.6. The minimum absolute atomic E-state index is 0.704. The van der Waals surface area contributed by atoms with Crippen LogP contribution >= 0.6 is 11.8 Å². The van der Waals surface area contributed by atoms with Gasteiger partial charge < -0.3 is 5.21 Å². The van der Waals surface area contributed by atoms with Crippen molar-refractivity contribution in [1.29, 1.82) is 0 Å². The molecule has 19 heavy (non-hydrogen) atoms. The maximum Gasteiger partial charge on any atom is 0.251 e. The number of nitrogens with zero attached hydrogens (tertiary/aromatic N) is 2. The van der Waals surface area contributed by atoms with Crippen molar-refractivity contribution in [3.63, 3.8) is 0 Å². The van der Waals surface area contributed by atoms with Crippen LogP contribution in [0, 0.1) is 5.21 Å². The minimum atomic E-state index is 0.704. The van der Waals surface area contributed by atoms with Crippen LogP contribution in [0.1, 0.15) is 5.56 Å². The number of benzene rings is 1. The fourth-order valence-corrected chi connectivity index (χ4v) is 2.86. The molecule has 0 aliphatic carbocycles. The van der Waals surface area contributed by atoms with E-state index >= 15 is 0 Å². The Morgan fingerprint density at radius 2 is 1.95 bits per heavy atom. The molecular formula is C15H12N2OS. The van der Waals surface area contributed by atoms with Crippen molar-refractivity contribution >= 4 is 22.7 Å². The normalized spacial score (nSPS) is 10.7. The van der Waals surface area contributed by atoms with E-state index in [0.29, 0.717) is 5.03 Å². The average Bonchev–Trinajstić information content (AvgIpc) is 2.46. The summed E-state index contributed by atoms with van der Waals surface area (Å²) in [5, 5.41) is 13.4. The van der Waals surface area contributed by atoms with E-state index < -0.39 is 0 Å². The lowest BCUT2D eigenvalue weighted by molar-refractivity contribution is -0.645. The molecule has 0 amide bonds. The predicted octanol–water partition coefficient (Wildman–Crippen LogP) is 3.16. The summed E-state index contributed by atoms with van der Waals surface area (Å²) >= 11 is 1.53. The van der Waals surface area contributed by atoms with Crippen molar-refractivity contribution in [2.75, 3.05) is 0 Å². The average molecular weight is 268 g/mol. The molecule has 0 N–H and O–H groups in total. The van der Waals surface area contributed by atoms with Crippen LogP contribution in [-0.4, -0.2) is 4.98 Å². The summed E-state index contributed by atoms with van der Waals surface area (Å²) in [5.41, 5.74) is 2.15. The number of fused-ring (bicyclic) bond motifs is 1. The molecule has 0 spiro atoms. The van der Waals surface area contributed by atoms with Gasteiger partial charge in [-0.15, -0.1) is 0 Å². The molecule has 3 rings (SSSR count). The second-order valence-corrected chi connectivity index (χ2v) is 5.14. The van der Waals surface area contributed by atoms with Gasteiger partial charge in [-0.1, -0.05) is 36.0 Å². The number of aromatic nitrogens is 2. The lowest BCUT2D eigenvalue weighted by atomic mass is 10.1. The molecule has 3 aromatic rings. The molecule has 2 heterocycles. The van der Waals surface area contributed by atoms with Gasteiger partial charge in [-0.05, 0) is 17.7 Å². The van der Waals surface area contributed by atoms with Crippen LogP contribution in [0.25, 0.3) is 10.9 Å². The Balaban J connectivity index is 1.88. The molecule has 3 nitrogen and oxygen atoms in total. The third-order valence-corrected chi connectivity index (χ3v) is 3.95. The smallest absolute Gasteiger partial charge is 0.251 e. The highest BCUT2D eigenvalue weighted by atomic mass is 32.2. The number of pyridine rings is 2. The topological polar surface area (TPSA) is 39.8 Å². The van der Waals surface area contributed by atoms with Crippen molar-refractivity contribution in [3.8, 4) is 0 Å². The first-order valence-corrected chi connectivity index (χ1v) is 6.97. The van der Waals surface area contributed by atoms with Crippen molar-refractivity contribution < 1.29 is 4.73 Å². The van der Waals surface area contributed by atoms with Gasteiger partial charge in [-0.25, -0.2) is 0 Å². The van der Waals surface area contributed by atoms with E-state index in [9.17, 15) is 5.21 Å².